The van der Waals surface area contributed by atoms with Crippen LogP contribution in [0.3, 0.4) is 0 Å². The van der Waals surface area contributed by atoms with Crippen LogP contribution in [-0.4, -0.2) is 20.1 Å². The zero-order valence-corrected chi connectivity index (χ0v) is 7.94. The van der Waals surface area contributed by atoms with Crippen LogP contribution in [0.5, 0.6) is 0 Å². The molecule has 1 aromatic carbocycles. The van der Waals surface area contributed by atoms with E-state index in [4.69, 9.17) is 5.11 Å². The predicted molar refractivity (Wildman–Crippen MR) is 57.3 cm³/mol. The van der Waals surface area contributed by atoms with Crippen molar-refractivity contribution in [3.63, 3.8) is 0 Å². The van der Waals surface area contributed by atoms with E-state index in [0.29, 0.717) is 5.69 Å². The first-order valence-electron chi connectivity index (χ1n) is 4.70. The van der Waals surface area contributed by atoms with Crippen molar-refractivity contribution in [3.8, 4) is 0 Å². The van der Waals surface area contributed by atoms with E-state index < -0.39 is 0 Å². The number of aromatic nitrogens is 3. The number of hydrogen-bond acceptors (Lipinski definition) is 3. The summed E-state index contributed by atoms with van der Waals surface area (Å²) in [5.74, 6) is 0. The van der Waals surface area contributed by atoms with Crippen LogP contribution < -0.4 is 0 Å². The lowest BCUT2D eigenvalue weighted by Gasteiger charge is -1.99. The highest BCUT2D eigenvalue weighted by Gasteiger charge is 2.01. The van der Waals surface area contributed by atoms with Gasteiger partial charge in [0.25, 0.3) is 0 Å². The van der Waals surface area contributed by atoms with E-state index in [1.165, 1.54) is 0 Å². The number of nitrogens with zero attached hydrogens (tertiary/aromatic N) is 2. The lowest BCUT2D eigenvalue weighted by atomic mass is 10.2. The second-order valence-corrected chi connectivity index (χ2v) is 3.43. The average Bonchev–Trinajstić information content (AvgIpc) is 2.72. The monoisotopic (exact) mass is 199 g/mol. The Labute approximate surface area is 85.6 Å². The van der Waals surface area contributed by atoms with Crippen molar-refractivity contribution in [2.45, 2.75) is 6.61 Å². The maximum absolute atomic E-state index is 8.99. The van der Waals surface area contributed by atoms with E-state index in [1.54, 1.807) is 6.33 Å². The van der Waals surface area contributed by atoms with Crippen molar-refractivity contribution < 1.29 is 5.11 Å². The van der Waals surface area contributed by atoms with Crippen molar-refractivity contribution in [3.05, 3.63) is 36.3 Å². The van der Waals surface area contributed by atoms with E-state index in [-0.39, 0.29) is 6.61 Å². The second-order valence-electron chi connectivity index (χ2n) is 3.43. The van der Waals surface area contributed by atoms with Gasteiger partial charge in [0.2, 0.25) is 0 Å². The summed E-state index contributed by atoms with van der Waals surface area (Å²) >= 11 is 0. The third kappa shape index (κ3) is 1.27. The van der Waals surface area contributed by atoms with Crippen LogP contribution in [0.25, 0.3) is 21.9 Å². The minimum atomic E-state index is -0.0332. The molecular formula is C11H9N3O. The van der Waals surface area contributed by atoms with E-state index in [1.807, 2.05) is 24.3 Å². The number of imidazole rings is 1. The van der Waals surface area contributed by atoms with Gasteiger partial charge in [-0.05, 0) is 18.2 Å². The van der Waals surface area contributed by atoms with Crippen LogP contribution in [0.1, 0.15) is 5.69 Å². The van der Waals surface area contributed by atoms with Crippen molar-refractivity contribution in [2.75, 3.05) is 0 Å². The number of hydrogen-bond donors (Lipinski definition) is 2. The smallest absolute Gasteiger partial charge is 0.0931 e. The van der Waals surface area contributed by atoms with Gasteiger partial charge in [-0.25, -0.2) is 4.98 Å². The molecule has 0 saturated heterocycles. The summed E-state index contributed by atoms with van der Waals surface area (Å²) in [6, 6.07) is 7.70. The molecule has 0 atom stereocenters. The van der Waals surface area contributed by atoms with Gasteiger partial charge >= 0.3 is 0 Å². The molecule has 4 heteroatoms. The molecule has 0 saturated carbocycles. The molecule has 0 bridgehead atoms. The second kappa shape index (κ2) is 3.03. The Kier molecular flexibility index (Phi) is 1.69. The fourth-order valence-corrected chi connectivity index (χ4v) is 1.68. The molecular weight excluding hydrogens is 190 g/mol. The Balaban J connectivity index is 2.38. The summed E-state index contributed by atoms with van der Waals surface area (Å²) < 4.78 is 0. The minimum Gasteiger partial charge on any atom is -0.390 e. The fraction of sp³-hybridized carbons (Fsp3) is 0.0909. The summed E-state index contributed by atoms with van der Waals surface area (Å²) in [4.78, 5) is 11.5. The number of aliphatic hydroxyl groups is 1. The van der Waals surface area contributed by atoms with Gasteiger partial charge in [0.15, 0.2) is 0 Å². The normalized spacial score (nSPS) is 11.3. The van der Waals surface area contributed by atoms with Crippen molar-refractivity contribution >= 4 is 21.9 Å². The van der Waals surface area contributed by atoms with Gasteiger partial charge in [-0.1, -0.05) is 6.07 Å². The molecule has 0 fully saturated rings. The molecule has 0 amide bonds. The SMILES string of the molecule is OCc1ccc2cc3[nH]cnc3cc2n1. The summed E-state index contributed by atoms with van der Waals surface area (Å²) in [5, 5.41) is 10.0. The number of aliphatic hydroxyl groups excluding tert-OH is 1. The van der Waals surface area contributed by atoms with Gasteiger partial charge in [-0.2, -0.15) is 0 Å². The Hall–Kier alpha value is -1.94. The zero-order valence-electron chi connectivity index (χ0n) is 7.94. The summed E-state index contributed by atoms with van der Waals surface area (Å²) in [5.41, 5.74) is 3.43. The van der Waals surface area contributed by atoms with Crippen molar-refractivity contribution in [1.29, 1.82) is 0 Å². The van der Waals surface area contributed by atoms with Gasteiger partial charge in [0.1, 0.15) is 0 Å². The van der Waals surface area contributed by atoms with E-state index in [2.05, 4.69) is 15.0 Å². The van der Waals surface area contributed by atoms with E-state index >= 15 is 0 Å². The fourth-order valence-electron chi connectivity index (χ4n) is 1.68. The molecule has 0 aliphatic carbocycles. The first-order valence-corrected chi connectivity index (χ1v) is 4.70. The maximum atomic E-state index is 8.99. The maximum Gasteiger partial charge on any atom is 0.0931 e. The van der Waals surface area contributed by atoms with Gasteiger partial charge in [-0.3, -0.25) is 4.98 Å². The largest absolute Gasteiger partial charge is 0.390 e. The third-order valence-corrected chi connectivity index (χ3v) is 2.45. The molecule has 0 aliphatic heterocycles. The van der Waals surface area contributed by atoms with Crippen LogP contribution >= 0.6 is 0 Å². The minimum absolute atomic E-state index is 0.0332. The van der Waals surface area contributed by atoms with Crippen molar-refractivity contribution in [2.24, 2.45) is 0 Å². The van der Waals surface area contributed by atoms with Crippen LogP contribution in [0.2, 0.25) is 0 Å². The van der Waals surface area contributed by atoms with Crippen LogP contribution in [0, 0.1) is 0 Å². The van der Waals surface area contributed by atoms with Crippen LogP contribution in [0.15, 0.2) is 30.6 Å². The topological polar surface area (TPSA) is 61.8 Å². The Morgan fingerprint density at radius 3 is 3.00 bits per heavy atom. The number of nitrogens with one attached hydrogen (secondary N) is 1. The number of fused-ring (bicyclic) bond motifs is 2. The first kappa shape index (κ1) is 8.38. The third-order valence-electron chi connectivity index (χ3n) is 2.45. The molecule has 0 radical (unpaired) electrons. The molecule has 0 spiro atoms. The molecule has 2 N–H and O–H groups in total. The number of rotatable bonds is 1. The molecule has 4 nitrogen and oxygen atoms in total. The first-order chi connectivity index (χ1) is 7.36. The van der Waals surface area contributed by atoms with Gasteiger partial charge < -0.3 is 10.1 Å². The lowest BCUT2D eigenvalue weighted by Crippen LogP contribution is -1.89. The standard InChI is InChI=1S/C11H9N3O/c15-5-8-2-1-7-3-10-11(13-6-12-10)4-9(7)14-8/h1-4,6,15H,5H2,(H,12,13). The summed E-state index contributed by atoms with van der Waals surface area (Å²) in [6.45, 7) is -0.0332. The number of benzene rings is 1. The summed E-state index contributed by atoms with van der Waals surface area (Å²) in [7, 11) is 0. The molecule has 2 heterocycles. The van der Waals surface area contributed by atoms with Gasteiger partial charge in [0, 0.05) is 5.39 Å². The Bertz CT molecular complexity index is 630. The average molecular weight is 199 g/mol. The lowest BCUT2D eigenvalue weighted by molar-refractivity contribution is 0.277. The van der Waals surface area contributed by atoms with E-state index in [0.717, 1.165) is 21.9 Å². The molecule has 2 aromatic heterocycles. The number of aromatic amines is 1. The van der Waals surface area contributed by atoms with E-state index in [9.17, 15) is 0 Å². The Morgan fingerprint density at radius 2 is 2.13 bits per heavy atom. The van der Waals surface area contributed by atoms with Crippen LogP contribution in [0.4, 0.5) is 0 Å². The predicted octanol–water partition coefficient (Wildman–Crippen LogP) is 1.60. The Morgan fingerprint density at radius 1 is 1.20 bits per heavy atom. The molecule has 0 aliphatic rings. The highest BCUT2D eigenvalue weighted by atomic mass is 16.3. The quantitative estimate of drug-likeness (QED) is 0.625. The molecule has 3 aromatic rings. The van der Waals surface area contributed by atoms with Gasteiger partial charge in [0.05, 0.1) is 35.2 Å². The van der Waals surface area contributed by atoms with Crippen LogP contribution in [-0.2, 0) is 6.61 Å². The molecule has 3 rings (SSSR count). The molecule has 15 heavy (non-hydrogen) atoms. The van der Waals surface area contributed by atoms with Crippen molar-refractivity contribution in [1.82, 2.24) is 15.0 Å². The highest BCUT2D eigenvalue weighted by molar-refractivity contribution is 5.92. The molecule has 74 valence electrons. The molecule has 0 unspecified atom stereocenters. The zero-order chi connectivity index (χ0) is 10.3. The van der Waals surface area contributed by atoms with Gasteiger partial charge in [-0.15, -0.1) is 0 Å². The number of H-pyrrole nitrogens is 1. The highest BCUT2D eigenvalue weighted by Crippen LogP contribution is 2.19. The summed E-state index contributed by atoms with van der Waals surface area (Å²) in [6.07, 6.45) is 1.66. The number of pyridine rings is 1.